The molecular formula is C14H17ClN2. The van der Waals surface area contributed by atoms with Crippen molar-refractivity contribution in [1.29, 1.82) is 0 Å². The van der Waals surface area contributed by atoms with Crippen LogP contribution in [0.25, 0.3) is 5.69 Å². The summed E-state index contributed by atoms with van der Waals surface area (Å²) in [5.74, 6) is 1.47. The Morgan fingerprint density at radius 3 is 2.18 bits per heavy atom. The fraction of sp³-hybridized carbons (Fsp3) is 0.357. The van der Waals surface area contributed by atoms with Crippen LogP contribution in [0.1, 0.15) is 37.0 Å². The molecule has 1 aromatic heterocycles. The van der Waals surface area contributed by atoms with Crippen molar-refractivity contribution in [2.24, 2.45) is 0 Å². The summed E-state index contributed by atoms with van der Waals surface area (Å²) < 4.78 is 2.17. The van der Waals surface area contributed by atoms with E-state index in [0.717, 1.165) is 22.2 Å². The van der Waals surface area contributed by atoms with Gasteiger partial charge in [0.15, 0.2) is 0 Å². The minimum absolute atomic E-state index is 0.447. The Morgan fingerprint density at radius 1 is 1.12 bits per heavy atom. The number of hydrogen-bond acceptors (Lipinski definition) is 1. The van der Waals surface area contributed by atoms with Crippen LogP contribution in [-0.2, 0) is 0 Å². The predicted octanol–water partition coefficient (Wildman–Crippen LogP) is 4.27. The van der Waals surface area contributed by atoms with Gasteiger partial charge in [-0.2, -0.15) is 0 Å². The third kappa shape index (κ3) is 2.22. The first-order chi connectivity index (χ1) is 8.00. The van der Waals surface area contributed by atoms with E-state index in [1.54, 1.807) is 0 Å². The number of halogens is 1. The molecule has 2 nitrogen and oxygen atoms in total. The molecule has 0 amide bonds. The number of aryl methyl sites for hydroxylation is 1. The van der Waals surface area contributed by atoms with Crippen LogP contribution in [0.5, 0.6) is 0 Å². The second kappa shape index (κ2) is 4.53. The molecule has 17 heavy (non-hydrogen) atoms. The van der Waals surface area contributed by atoms with Crippen LogP contribution < -0.4 is 0 Å². The first kappa shape index (κ1) is 12.2. The Morgan fingerprint density at radius 2 is 1.71 bits per heavy atom. The van der Waals surface area contributed by atoms with Crippen molar-refractivity contribution in [3.8, 4) is 5.69 Å². The standard InChI is InChI=1S/C14H17ClN2/c1-9(2)14-10(3)17(11(4)16-14)13-7-5-12(15)6-8-13/h5-9H,1-4H3. The highest BCUT2D eigenvalue weighted by atomic mass is 35.5. The number of aromatic nitrogens is 2. The zero-order valence-electron chi connectivity index (χ0n) is 10.7. The maximum atomic E-state index is 5.91. The Bertz CT molecular complexity index is 524. The van der Waals surface area contributed by atoms with Crippen LogP contribution in [0.15, 0.2) is 24.3 Å². The molecule has 90 valence electrons. The predicted molar refractivity (Wildman–Crippen MR) is 72.1 cm³/mol. The molecule has 0 unspecified atom stereocenters. The van der Waals surface area contributed by atoms with Gasteiger partial charge >= 0.3 is 0 Å². The van der Waals surface area contributed by atoms with Crippen molar-refractivity contribution in [1.82, 2.24) is 9.55 Å². The lowest BCUT2D eigenvalue weighted by molar-refractivity contribution is 0.817. The van der Waals surface area contributed by atoms with E-state index in [9.17, 15) is 0 Å². The lowest BCUT2D eigenvalue weighted by atomic mass is 10.1. The molecule has 0 fully saturated rings. The molecule has 0 N–H and O–H groups in total. The topological polar surface area (TPSA) is 17.8 Å². The van der Waals surface area contributed by atoms with E-state index >= 15 is 0 Å². The molecule has 0 aliphatic rings. The van der Waals surface area contributed by atoms with Crippen LogP contribution in [-0.4, -0.2) is 9.55 Å². The van der Waals surface area contributed by atoms with Crippen LogP contribution in [0.2, 0.25) is 5.02 Å². The summed E-state index contributed by atoms with van der Waals surface area (Å²) >= 11 is 5.91. The second-order valence-electron chi connectivity index (χ2n) is 4.60. The Hall–Kier alpha value is -1.28. The van der Waals surface area contributed by atoms with Gasteiger partial charge in [0.2, 0.25) is 0 Å². The molecule has 2 rings (SSSR count). The van der Waals surface area contributed by atoms with Crippen molar-refractivity contribution in [2.75, 3.05) is 0 Å². The fourth-order valence-corrected chi connectivity index (χ4v) is 2.31. The molecule has 0 aliphatic carbocycles. The van der Waals surface area contributed by atoms with Gasteiger partial charge in [-0.05, 0) is 44.0 Å². The van der Waals surface area contributed by atoms with E-state index in [1.807, 2.05) is 31.2 Å². The van der Waals surface area contributed by atoms with Crippen molar-refractivity contribution < 1.29 is 0 Å². The fourth-order valence-electron chi connectivity index (χ4n) is 2.18. The Kier molecular flexibility index (Phi) is 3.25. The summed E-state index contributed by atoms with van der Waals surface area (Å²) in [6.07, 6.45) is 0. The van der Waals surface area contributed by atoms with Gasteiger partial charge in [0, 0.05) is 16.4 Å². The average Bonchev–Trinajstić information content (AvgIpc) is 2.56. The maximum Gasteiger partial charge on any atom is 0.110 e. The number of rotatable bonds is 2. The molecular weight excluding hydrogens is 232 g/mol. The molecule has 0 atom stereocenters. The minimum Gasteiger partial charge on any atom is -0.301 e. The first-order valence-corrected chi connectivity index (χ1v) is 6.20. The summed E-state index contributed by atoms with van der Waals surface area (Å²) in [4.78, 5) is 4.64. The number of imidazole rings is 1. The van der Waals surface area contributed by atoms with E-state index in [-0.39, 0.29) is 0 Å². The van der Waals surface area contributed by atoms with Gasteiger partial charge < -0.3 is 4.57 Å². The molecule has 1 aromatic carbocycles. The normalized spacial score (nSPS) is 11.2. The molecule has 0 radical (unpaired) electrons. The van der Waals surface area contributed by atoms with Crippen LogP contribution >= 0.6 is 11.6 Å². The van der Waals surface area contributed by atoms with Gasteiger partial charge in [0.05, 0.1) is 5.69 Å². The zero-order valence-corrected chi connectivity index (χ0v) is 11.4. The summed E-state index contributed by atoms with van der Waals surface area (Å²) in [6.45, 7) is 8.49. The van der Waals surface area contributed by atoms with Gasteiger partial charge in [-0.3, -0.25) is 0 Å². The van der Waals surface area contributed by atoms with Crippen LogP contribution in [0.4, 0.5) is 0 Å². The lowest BCUT2D eigenvalue weighted by Gasteiger charge is -2.09. The summed E-state index contributed by atoms with van der Waals surface area (Å²) in [6, 6.07) is 7.86. The molecule has 0 saturated heterocycles. The van der Waals surface area contributed by atoms with Crippen molar-refractivity contribution in [3.05, 3.63) is 46.5 Å². The van der Waals surface area contributed by atoms with E-state index in [4.69, 9.17) is 11.6 Å². The van der Waals surface area contributed by atoms with Crippen molar-refractivity contribution in [2.45, 2.75) is 33.6 Å². The highest BCUT2D eigenvalue weighted by molar-refractivity contribution is 6.30. The molecule has 2 aromatic rings. The zero-order chi connectivity index (χ0) is 12.6. The molecule has 0 saturated carbocycles. The Labute approximate surface area is 107 Å². The van der Waals surface area contributed by atoms with E-state index < -0.39 is 0 Å². The van der Waals surface area contributed by atoms with E-state index in [2.05, 4.69) is 30.3 Å². The molecule has 0 spiro atoms. The van der Waals surface area contributed by atoms with Crippen molar-refractivity contribution in [3.63, 3.8) is 0 Å². The Balaban J connectivity index is 2.56. The SMILES string of the molecule is Cc1nc(C(C)C)c(C)n1-c1ccc(Cl)cc1. The second-order valence-corrected chi connectivity index (χ2v) is 5.03. The molecule has 0 bridgehead atoms. The quantitative estimate of drug-likeness (QED) is 0.776. The monoisotopic (exact) mass is 248 g/mol. The van der Waals surface area contributed by atoms with E-state index in [1.165, 1.54) is 5.69 Å². The number of hydrogen-bond donors (Lipinski definition) is 0. The number of benzene rings is 1. The first-order valence-electron chi connectivity index (χ1n) is 5.82. The van der Waals surface area contributed by atoms with Gasteiger partial charge in [-0.15, -0.1) is 0 Å². The minimum atomic E-state index is 0.447. The third-order valence-corrected chi connectivity index (χ3v) is 3.20. The number of nitrogens with zero attached hydrogens (tertiary/aromatic N) is 2. The van der Waals surface area contributed by atoms with Crippen molar-refractivity contribution >= 4 is 11.6 Å². The van der Waals surface area contributed by atoms with E-state index in [0.29, 0.717) is 5.92 Å². The van der Waals surface area contributed by atoms with Crippen LogP contribution in [0.3, 0.4) is 0 Å². The van der Waals surface area contributed by atoms with Crippen LogP contribution in [0, 0.1) is 13.8 Å². The average molecular weight is 249 g/mol. The largest absolute Gasteiger partial charge is 0.301 e. The molecule has 3 heteroatoms. The maximum absolute atomic E-state index is 5.91. The third-order valence-electron chi connectivity index (χ3n) is 2.94. The highest BCUT2D eigenvalue weighted by Gasteiger charge is 2.14. The van der Waals surface area contributed by atoms with Gasteiger partial charge in [-0.25, -0.2) is 4.98 Å². The summed E-state index contributed by atoms with van der Waals surface area (Å²) in [7, 11) is 0. The van der Waals surface area contributed by atoms with Gasteiger partial charge in [0.25, 0.3) is 0 Å². The molecule has 1 heterocycles. The summed E-state index contributed by atoms with van der Waals surface area (Å²) in [5, 5.41) is 0.758. The van der Waals surface area contributed by atoms with Gasteiger partial charge in [-0.1, -0.05) is 25.4 Å². The summed E-state index contributed by atoms with van der Waals surface area (Å²) in [5.41, 5.74) is 3.49. The lowest BCUT2D eigenvalue weighted by Crippen LogP contribution is -1.99. The van der Waals surface area contributed by atoms with Gasteiger partial charge in [0.1, 0.15) is 5.82 Å². The smallest absolute Gasteiger partial charge is 0.110 e. The molecule has 0 aliphatic heterocycles. The highest BCUT2D eigenvalue weighted by Crippen LogP contribution is 2.23.